The van der Waals surface area contributed by atoms with Gasteiger partial charge in [0, 0.05) is 23.5 Å². The molecule has 0 fully saturated rings. The summed E-state index contributed by atoms with van der Waals surface area (Å²) < 4.78 is 0.973. The Morgan fingerprint density at radius 2 is 2.15 bits per heavy atom. The molecule has 0 aliphatic heterocycles. The van der Waals surface area contributed by atoms with Gasteiger partial charge in [0.15, 0.2) is 5.13 Å². The molecule has 0 bridgehead atoms. The summed E-state index contributed by atoms with van der Waals surface area (Å²) in [5.74, 6) is -0.0353. The molecule has 0 spiro atoms. The molecule has 0 radical (unpaired) electrons. The van der Waals surface area contributed by atoms with Crippen molar-refractivity contribution < 1.29 is 4.79 Å². The van der Waals surface area contributed by atoms with Gasteiger partial charge in [-0.3, -0.25) is 4.79 Å². The lowest BCUT2D eigenvalue weighted by Crippen LogP contribution is -2.37. The Bertz CT molecular complexity index is 618. The molecule has 1 amide bonds. The normalized spacial score (nSPS) is 11.8. The van der Waals surface area contributed by atoms with E-state index < -0.39 is 0 Å². The summed E-state index contributed by atoms with van der Waals surface area (Å²) in [6.45, 7) is 6.86. The van der Waals surface area contributed by atoms with E-state index in [0.29, 0.717) is 23.1 Å². The van der Waals surface area contributed by atoms with Crippen molar-refractivity contribution in [2.45, 2.75) is 32.7 Å². The molecular formula is C14H18ClN3OS. The third kappa shape index (κ3) is 4.44. The van der Waals surface area contributed by atoms with E-state index in [-0.39, 0.29) is 11.4 Å². The smallest absolute Gasteiger partial charge is 0.227 e. The highest BCUT2D eigenvalue weighted by Gasteiger charge is 2.11. The maximum absolute atomic E-state index is 11.8. The third-order valence-electron chi connectivity index (χ3n) is 2.60. The summed E-state index contributed by atoms with van der Waals surface area (Å²) in [5, 5.41) is 7.39. The zero-order valence-corrected chi connectivity index (χ0v) is 13.4. The summed E-state index contributed by atoms with van der Waals surface area (Å²) in [6.07, 6.45) is 0.425. The molecule has 2 N–H and O–H groups in total. The Morgan fingerprint density at radius 3 is 2.85 bits per heavy atom. The van der Waals surface area contributed by atoms with E-state index in [2.05, 4.69) is 36.4 Å². The molecule has 2 aromatic rings. The molecule has 4 nitrogen and oxygen atoms in total. The number of anilines is 1. The number of carbonyl (C=O) groups excluding carboxylic acids is 1. The van der Waals surface area contributed by atoms with Gasteiger partial charge in [0.2, 0.25) is 5.91 Å². The van der Waals surface area contributed by atoms with Gasteiger partial charge in [-0.2, -0.15) is 0 Å². The molecule has 0 aliphatic carbocycles. The highest BCUT2D eigenvalue weighted by Crippen LogP contribution is 2.28. The SMILES string of the molecule is CC(C)(C)NCCC(=O)Nc1nc2ccc(Cl)cc2s1. The fourth-order valence-electron chi connectivity index (χ4n) is 1.68. The van der Waals surface area contributed by atoms with Gasteiger partial charge in [-0.25, -0.2) is 4.98 Å². The number of halogens is 1. The van der Waals surface area contributed by atoms with Gasteiger partial charge >= 0.3 is 0 Å². The van der Waals surface area contributed by atoms with Gasteiger partial charge in [0.25, 0.3) is 0 Å². The van der Waals surface area contributed by atoms with Crippen molar-refractivity contribution in [2.75, 3.05) is 11.9 Å². The second-order valence-corrected chi connectivity index (χ2v) is 7.07. The quantitative estimate of drug-likeness (QED) is 0.906. The number of nitrogens with zero attached hydrogens (tertiary/aromatic N) is 1. The van der Waals surface area contributed by atoms with E-state index in [1.807, 2.05) is 12.1 Å². The number of rotatable bonds is 4. The minimum atomic E-state index is -0.0353. The van der Waals surface area contributed by atoms with Gasteiger partial charge in [0.05, 0.1) is 10.2 Å². The number of thiazole rings is 1. The highest BCUT2D eigenvalue weighted by atomic mass is 35.5. The van der Waals surface area contributed by atoms with Crippen LogP contribution in [0.1, 0.15) is 27.2 Å². The molecule has 20 heavy (non-hydrogen) atoms. The maximum atomic E-state index is 11.8. The van der Waals surface area contributed by atoms with E-state index in [1.165, 1.54) is 11.3 Å². The molecule has 6 heteroatoms. The van der Waals surface area contributed by atoms with Crippen LogP contribution in [0.25, 0.3) is 10.2 Å². The van der Waals surface area contributed by atoms with Gasteiger partial charge < -0.3 is 10.6 Å². The number of hydrogen-bond acceptors (Lipinski definition) is 4. The lowest BCUT2D eigenvalue weighted by Gasteiger charge is -2.19. The first-order chi connectivity index (χ1) is 9.33. The first-order valence-corrected chi connectivity index (χ1v) is 7.64. The number of hydrogen-bond donors (Lipinski definition) is 2. The predicted molar refractivity (Wildman–Crippen MR) is 85.6 cm³/mol. The fourth-order valence-corrected chi connectivity index (χ4v) is 2.84. The summed E-state index contributed by atoms with van der Waals surface area (Å²) in [5.41, 5.74) is 0.870. The van der Waals surface area contributed by atoms with Crippen LogP contribution < -0.4 is 10.6 Å². The van der Waals surface area contributed by atoms with Gasteiger partial charge in [-0.15, -0.1) is 0 Å². The second-order valence-electron chi connectivity index (χ2n) is 5.61. The molecule has 108 valence electrons. The van der Waals surface area contributed by atoms with Crippen LogP contribution in [0.15, 0.2) is 18.2 Å². The van der Waals surface area contributed by atoms with Gasteiger partial charge in [-0.05, 0) is 39.0 Å². The maximum Gasteiger partial charge on any atom is 0.227 e. The van der Waals surface area contributed by atoms with E-state index in [1.54, 1.807) is 6.07 Å². The number of carbonyl (C=O) groups is 1. The van der Waals surface area contributed by atoms with E-state index >= 15 is 0 Å². The van der Waals surface area contributed by atoms with E-state index in [9.17, 15) is 4.79 Å². The molecule has 0 aliphatic rings. The highest BCUT2D eigenvalue weighted by molar-refractivity contribution is 7.22. The van der Waals surface area contributed by atoms with Crippen LogP contribution in [0.4, 0.5) is 5.13 Å². The van der Waals surface area contributed by atoms with E-state index in [4.69, 9.17) is 11.6 Å². The summed E-state index contributed by atoms with van der Waals surface area (Å²) in [7, 11) is 0. The standard InChI is InChI=1S/C14H18ClN3OS/c1-14(2,3)16-7-6-12(19)18-13-17-10-5-4-9(15)8-11(10)20-13/h4-5,8,16H,6-7H2,1-3H3,(H,17,18,19). The number of fused-ring (bicyclic) bond motifs is 1. The molecule has 0 atom stereocenters. The Balaban J connectivity index is 1.93. The molecular weight excluding hydrogens is 294 g/mol. The second kappa shape index (κ2) is 6.08. The minimum Gasteiger partial charge on any atom is -0.312 e. The van der Waals surface area contributed by atoms with Crippen molar-refractivity contribution in [1.29, 1.82) is 0 Å². The molecule has 1 aromatic carbocycles. The van der Waals surface area contributed by atoms with Crippen molar-refractivity contribution >= 4 is 44.2 Å². The zero-order chi connectivity index (χ0) is 14.8. The zero-order valence-electron chi connectivity index (χ0n) is 11.8. The monoisotopic (exact) mass is 311 g/mol. The lowest BCUT2D eigenvalue weighted by molar-refractivity contribution is -0.116. The van der Waals surface area contributed by atoms with Crippen LogP contribution in [0, 0.1) is 0 Å². The Kier molecular flexibility index (Phi) is 4.62. The number of nitrogens with one attached hydrogen (secondary N) is 2. The molecule has 1 aromatic heterocycles. The molecule has 0 unspecified atom stereocenters. The topological polar surface area (TPSA) is 54.0 Å². The number of benzene rings is 1. The van der Waals surface area contributed by atoms with Crippen LogP contribution in [0.2, 0.25) is 5.02 Å². The average molecular weight is 312 g/mol. The van der Waals surface area contributed by atoms with Gasteiger partial charge in [-0.1, -0.05) is 22.9 Å². The van der Waals surface area contributed by atoms with Crippen molar-refractivity contribution in [3.8, 4) is 0 Å². The number of aromatic nitrogens is 1. The van der Waals surface area contributed by atoms with E-state index in [0.717, 1.165) is 10.2 Å². The van der Waals surface area contributed by atoms with Crippen LogP contribution in [-0.4, -0.2) is 23.0 Å². The first kappa shape index (κ1) is 15.2. The Morgan fingerprint density at radius 1 is 1.40 bits per heavy atom. The van der Waals surface area contributed by atoms with Crippen LogP contribution in [0.3, 0.4) is 0 Å². The average Bonchev–Trinajstić information content (AvgIpc) is 2.68. The van der Waals surface area contributed by atoms with Crippen LogP contribution >= 0.6 is 22.9 Å². The lowest BCUT2D eigenvalue weighted by atomic mass is 10.1. The number of amides is 1. The van der Waals surface area contributed by atoms with Crippen molar-refractivity contribution in [2.24, 2.45) is 0 Å². The first-order valence-electron chi connectivity index (χ1n) is 6.44. The summed E-state index contributed by atoms with van der Waals surface area (Å²) >= 11 is 7.36. The van der Waals surface area contributed by atoms with Crippen molar-refractivity contribution in [1.82, 2.24) is 10.3 Å². The largest absolute Gasteiger partial charge is 0.312 e. The minimum absolute atomic E-state index is 0.0207. The van der Waals surface area contributed by atoms with Crippen molar-refractivity contribution in [3.63, 3.8) is 0 Å². The summed E-state index contributed by atoms with van der Waals surface area (Å²) in [4.78, 5) is 16.2. The Hall–Kier alpha value is -1.17. The molecule has 0 saturated heterocycles. The van der Waals surface area contributed by atoms with Crippen LogP contribution in [-0.2, 0) is 4.79 Å². The van der Waals surface area contributed by atoms with Crippen molar-refractivity contribution in [3.05, 3.63) is 23.2 Å². The van der Waals surface area contributed by atoms with Gasteiger partial charge in [0.1, 0.15) is 0 Å². The fraction of sp³-hybridized carbons (Fsp3) is 0.429. The summed E-state index contributed by atoms with van der Waals surface area (Å²) in [6, 6.07) is 5.50. The predicted octanol–water partition coefficient (Wildman–Crippen LogP) is 3.67. The molecule has 1 heterocycles. The molecule has 0 saturated carbocycles. The third-order valence-corrected chi connectivity index (χ3v) is 3.77. The Labute approximate surface area is 127 Å². The molecule has 2 rings (SSSR count). The van der Waals surface area contributed by atoms with Crippen LogP contribution in [0.5, 0.6) is 0 Å².